The molecule has 7 heteroatoms. The van der Waals surface area contributed by atoms with Crippen molar-refractivity contribution in [3.05, 3.63) is 70.2 Å². The maximum Gasteiger partial charge on any atom is 0.222 e. The van der Waals surface area contributed by atoms with Gasteiger partial charge < -0.3 is 15.5 Å². The highest BCUT2D eigenvalue weighted by atomic mass is 127. The molecule has 0 atom stereocenters. The normalized spacial score (nSPS) is 14.0. The summed E-state index contributed by atoms with van der Waals surface area (Å²) >= 11 is 6.01. The van der Waals surface area contributed by atoms with Crippen LogP contribution in [0.2, 0.25) is 5.02 Å². The first-order chi connectivity index (χ1) is 13.1. The van der Waals surface area contributed by atoms with Gasteiger partial charge in [0.25, 0.3) is 0 Å². The number of halogens is 2. The van der Waals surface area contributed by atoms with Gasteiger partial charge >= 0.3 is 0 Å². The maximum atomic E-state index is 11.7. The summed E-state index contributed by atoms with van der Waals surface area (Å²) in [6.45, 7) is 2.91. The summed E-state index contributed by atoms with van der Waals surface area (Å²) in [5, 5.41) is 7.32. The summed E-state index contributed by atoms with van der Waals surface area (Å²) in [5.74, 6) is 0.997. The average Bonchev–Trinajstić information content (AvgIpc) is 3.08. The first-order valence-electron chi connectivity index (χ1n) is 9.18. The van der Waals surface area contributed by atoms with Crippen molar-refractivity contribution in [2.24, 2.45) is 4.99 Å². The lowest BCUT2D eigenvalue weighted by Gasteiger charge is -2.16. The Balaban J connectivity index is 0.00000280. The zero-order chi connectivity index (χ0) is 19.1. The van der Waals surface area contributed by atoms with Gasteiger partial charge in [0.2, 0.25) is 5.91 Å². The molecular weight excluding hydrogens is 487 g/mol. The fraction of sp³-hybridized carbons (Fsp3) is 0.333. The molecular formula is C21H26ClIN4O. The monoisotopic (exact) mass is 512 g/mol. The SMILES string of the molecule is CN=C(NCc1ccc(CN2CCCC2=O)cc1)NCc1cccc(Cl)c1.I. The van der Waals surface area contributed by atoms with E-state index >= 15 is 0 Å². The Bertz CT molecular complexity index is 810. The van der Waals surface area contributed by atoms with Crippen LogP contribution in [0.5, 0.6) is 0 Å². The van der Waals surface area contributed by atoms with Crippen LogP contribution in [-0.4, -0.2) is 30.4 Å². The van der Waals surface area contributed by atoms with E-state index in [1.54, 1.807) is 7.05 Å². The molecule has 1 heterocycles. The number of guanidine groups is 1. The molecule has 0 saturated carbocycles. The minimum Gasteiger partial charge on any atom is -0.352 e. The van der Waals surface area contributed by atoms with Crippen LogP contribution in [0.25, 0.3) is 0 Å². The Morgan fingerprint density at radius 2 is 1.75 bits per heavy atom. The number of hydrogen-bond donors (Lipinski definition) is 2. The van der Waals surface area contributed by atoms with Crippen molar-refractivity contribution >= 4 is 47.4 Å². The molecule has 0 aliphatic carbocycles. The molecule has 1 saturated heterocycles. The number of amides is 1. The van der Waals surface area contributed by atoms with Crippen LogP contribution in [0.1, 0.15) is 29.5 Å². The minimum absolute atomic E-state index is 0. The Morgan fingerprint density at radius 1 is 1.07 bits per heavy atom. The Morgan fingerprint density at radius 3 is 2.36 bits per heavy atom. The summed E-state index contributed by atoms with van der Waals surface area (Å²) in [6.07, 6.45) is 1.66. The molecule has 5 nitrogen and oxygen atoms in total. The van der Waals surface area contributed by atoms with Crippen LogP contribution in [0, 0.1) is 0 Å². The van der Waals surface area contributed by atoms with Crippen molar-refractivity contribution in [3.63, 3.8) is 0 Å². The molecule has 28 heavy (non-hydrogen) atoms. The Kier molecular flexibility index (Phi) is 9.05. The molecule has 1 aliphatic heterocycles. The molecule has 3 rings (SSSR count). The zero-order valence-corrected chi connectivity index (χ0v) is 19.0. The van der Waals surface area contributed by atoms with E-state index in [1.165, 1.54) is 0 Å². The van der Waals surface area contributed by atoms with Crippen molar-refractivity contribution in [3.8, 4) is 0 Å². The van der Waals surface area contributed by atoms with Gasteiger partial charge in [-0.05, 0) is 35.2 Å². The summed E-state index contributed by atoms with van der Waals surface area (Å²) in [6, 6.07) is 16.1. The Labute approximate surface area is 188 Å². The van der Waals surface area contributed by atoms with E-state index in [2.05, 4.69) is 39.9 Å². The molecule has 1 fully saturated rings. The Hall–Kier alpha value is -1.80. The number of carbonyl (C=O) groups excluding carboxylic acids is 1. The van der Waals surface area contributed by atoms with Gasteiger partial charge in [0.05, 0.1) is 0 Å². The minimum atomic E-state index is 0. The van der Waals surface area contributed by atoms with E-state index in [0.717, 1.165) is 40.6 Å². The lowest BCUT2D eigenvalue weighted by molar-refractivity contribution is -0.128. The van der Waals surface area contributed by atoms with E-state index < -0.39 is 0 Å². The number of carbonyl (C=O) groups is 1. The first kappa shape index (κ1) is 22.5. The van der Waals surface area contributed by atoms with Gasteiger partial charge in [-0.25, -0.2) is 0 Å². The third kappa shape index (κ3) is 6.67. The topological polar surface area (TPSA) is 56.7 Å². The van der Waals surface area contributed by atoms with Crippen LogP contribution in [0.3, 0.4) is 0 Å². The van der Waals surface area contributed by atoms with Crippen LogP contribution >= 0.6 is 35.6 Å². The molecule has 0 radical (unpaired) electrons. The molecule has 2 aromatic rings. The first-order valence-corrected chi connectivity index (χ1v) is 9.56. The fourth-order valence-corrected chi connectivity index (χ4v) is 3.31. The molecule has 1 amide bonds. The smallest absolute Gasteiger partial charge is 0.222 e. The van der Waals surface area contributed by atoms with Crippen molar-refractivity contribution < 1.29 is 4.79 Å². The fourth-order valence-electron chi connectivity index (χ4n) is 3.09. The van der Waals surface area contributed by atoms with Gasteiger partial charge in [0.1, 0.15) is 0 Å². The maximum absolute atomic E-state index is 11.7. The van der Waals surface area contributed by atoms with E-state index in [0.29, 0.717) is 26.1 Å². The molecule has 0 unspecified atom stereocenters. The highest BCUT2D eigenvalue weighted by Gasteiger charge is 2.19. The summed E-state index contributed by atoms with van der Waals surface area (Å²) < 4.78 is 0. The summed E-state index contributed by atoms with van der Waals surface area (Å²) in [4.78, 5) is 17.9. The second kappa shape index (κ2) is 11.3. The van der Waals surface area contributed by atoms with Crippen molar-refractivity contribution in [2.45, 2.75) is 32.5 Å². The average molecular weight is 513 g/mol. The standard InChI is InChI=1S/C21H25ClN4O.HI/c1-23-21(25-14-18-4-2-5-19(22)12-18)24-13-16-7-9-17(10-8-16)15-26-11-3-6-20(26)27;/h2,4-5,7-10,12H,3,6,11,13-15H2,1H3,(H2,23,24,25);1H. The second-order valence-corrected chi connectivity index (χ2v) is 7.08. The molecule has 2 aromatic carbocycles. The van der Waals surface area contributed by atoms with Gasteiger partial charge in [0, 0.05) is 44.7 Å². The number of likely N-dealkylation sites (tertiary alicyclic amines) is 1. The number of benzene rings is 2. The van der Waals surface area contributed by atoms with Gasteiger partial charge in [-0.2, -0.15) is 0 Å². The predicted octanol–water partition coefficient (Wildman–Crippen LogP) is 3.95. The van der Waals surface area contributed by atoms with E-state index in [-0.39, 0.29) is 29.9 Å². The van der Waals surface area contributed by atoms with E-state index in [1.807, 2.05) is 29.2 Å². The van der Waals surface area contributed by atoms with Crippen LogP contribution in [-0.2, 0) is 24.4 Å². The summed E-state index contributed by atoms with van der Waals surface area (Å²) in [5.41, 5.74) is 3.43. The lowest BCUT2D eigenvalue weighted by Crippen LogP contribution is -2.36. The lowest BCUT2D eigenvalue weighted by atomic mass is 10.1. The molecule has 0 bridgehead atoms. The summed E-state index contributed by atoms with van der Waals surface area (Å²) in [7, 11) is 1.75. The van der Waals surface area contributed by atoms with Crippen LogP contribution in [0.15, 0.2) is 53.5 Å². The van der Waals surface area contributed by atoms with Crippen molar-refractivity contribution in [1.82, 2.24) is 15.5 Å². The number of rotatable bonds is 6. The van der Waals surface area contributed by atoms with Gasteiger partial charge in [-0.1, -0.05) is 48.0 Å². The molecule has 0 aromatic heterocycles. The van der Waals surface area contributed by atoms with E-state index in [9.17, 15) is 4.79 Å². The molecule has 150 valence electrons. The molecule has 0 spiro atoms. The van der Waals surface area contributed by atoms with Gasteiger partial charge in [-0.15, -0.1) is 24.0 Å². The zero-order valence-electron chi connectivity index (χ0n) is 16.0. The largest absolute Gasteiger partial charge is 0.352 e. The number of nitrogens with one attached hydrogen (secondary N) is 2. The third-order valence-electron chi connectivity index (χ3n) is 4.60. The van der Waals surface area contributed by atoms with Crippen LogP contribution in [0.4, 0.5) is 0 Å². The van der Waals surface area contributed by atoms with Gasteiger partial charge in [-0.3, -0.25) is 9.79 Å². The number of nitrogens with zero attached hydrogens (tertiary/aromatic N) is 2. The molecule has 1 aliphatic rings. The molecule has 2 N–H and O–H groups in total. The highest BCUT2D eigenvalue weighted by molar-refractivity contribution is 14.0. The highest BCUT2D eigenvalue weighted by Crippen LogP contribution is 2.15. The van der Waals surface area contributed by atoms with Gasteiger partial charge in [0.15, 0.2) is 5.96 Å². The van der Waals surface area contributed by atoms with E-state index in [4.69, 9.17) is 11.6 Å². The third-order valence-corrected chi connectivity index (χ3v) is 4.84. The quantitative estimate of drug-likeness (QED) is 0.350. The second-order valence-electron chi connectivity index (χ2n) is 6.64. The predicted molar refractivity (Wildman–Crippen MR) is 125 cm³/mol. The number of hydrogen-bond acceptors (Lipinski definition) is 2. The van der Waals surface area contributed by atoms with Crippen LogP contribution < -0.4 is 10.6 Å². The van der Waals surface area contributed by atoms with Crippen molar-refractivity contribution in [2.75, 3.05) is 13.6 Å². The van der Waals surface area contributed by atoms with Crippen molar-refractivity contribution in [1.29, 1.82) is 0 Å². The number of aliphatic imine (C=N–C) groups is 1.